The van der Waals surface area contributed by atoms with Crippen LogP contribution in [0.3, 0.4) is 0 Å². The first kappa shape index (κ1) is 48.2. The number of hydrogen-bond acceptors (Lipinski definition) is 6. The van der Waals surface area contributed by atoms with Gasteiger partial charge in [-0.2, -0.15) is 0 Å². The van der Waals surface area contributed by atoms with E-state index in [2.05, 4.69) is 52.0 Å². The van der Waals surface area contributed by atoms with Crippen LogP contribution in [0.5, 0.6) is 0 Å². The van der Waals surface area contributed by atoms with Gasteiger partial charge in [0.2, 0.25) is 0 Å². The largest absolute Gasteiger partial charge is 2.00 e. The van der Waals surface area contributed by atoms with Crippen molar-refractivity contribution in [3.8, 4) is 0 Å². The summed E-state index contributed by atoms with van der Waals surface area (Å²) < 4.78 is 0. The van der Waals surface area contributed by atoms with Gasteiger partial charge in [-0.1, -0.05) is 129 Å². The summed E-state index contributed by atoms with van der Waals surface area (Å²) in [6.45, 7) is 9.82. The Bertz CT molecular complexity index is 646. The summed E-state index contributed by atoms with van der Waals surface area (Å²) in [4.78, 5) is 25.2. The summed E-state index contributed by atoms with van der Waals surface area (Å²) in [6.07, 6.45) is 41.1. The summed E-state index contributed by atoms with van der Waals surface area (Å²) in [5.41, 5.74) is 0. The van der Waals surface area contributed by atoms with E-state index in [1.54, 1.807) is 0 Å². The molecule has 0 amide bonds. The number of carboxylic acid groups (broad SMARTS) is 2. The fourth-order valence-electron chi connectivity index (χ4n) is 4.43. The molecule has 7 heteroatoms. The van der Waals surface area contributed by atoms with Crippen molar-refractivity contribution >= 4 is 49.7 Å². The molecule has 0 atom stereocenters. The average Bonchev–Trinajstić information content (AvgIpc) is 3.00. The number of carbonyl (C=O) groups excluding carboxylic acids is 2. The minimum atomic E-state index is -0.988. The van der Waals surface area contributed by atoms with Crippen LogP contribution < -0.4 is 10.2 Å². The van der Waals surface area contributed by atoms with Gasteiger partial charge in [0, 0.05) is 37.9 Å². The molecule has 0 bridgehead atoms. The number of nitrogens with zero attached hydrogens (tertiary/aromatic N) is 2. The molecule has 0 rings (SSSR count). The van der Waals surface area contributed by atoms with Crippen molar-refractivity contribution in [2.45, 2.75) is 169 Å². The quantitative estimate of drug-likeness (QED) is 0.0570. The van der Waals surface area contributed by atoms with Crippen LogP contribution in [0.2, 0.25) is 0 Å². The third-order valence-electron chi connectivity index (χ3n) is 7.23. The molecular formula is C38H68CaN2O4. The second kappa shape index (κ2) is 40.8. The molecule has 0 aliphatic carbocycles. The maximum absolute atomic E-state index is 10.6. The maximum atomic E-state index is 10.6. The molecule has 0 radical (unpaired) electrons. The zero-order valence-corrected chi connectivity index (χ0v) is 32.0. The predicted octanol–water partition coefficient (Wildman–Crippen LogP) is 8.41. The van der Waals surface area contributed by atoms with Gasteiger partial charge in [-0.3, -0.25) is 0 Å². The first-order valence-electron chi connectivity index (χ1n) is 18.0. The van der Waals surface area contributed by atoms with Crippen LogP contribution >= 0.6 is 0 Å². The number of aliphatic carboxylic acids is 2. The van der Waals surface area contributed by atoms with Gasteiger partial charge in [-0.15, -0.1) is 0 Å². The van der Waals surface area contributed by atoms with Gasteiger partial charge >= 0.3 is 37.7 Å². The van der Waals surface area contributed by atoms with Crippen LogP contribution in [0.4, 0.5) is 0 Å². The molecule has 0 spiro atoms. The third kappa shape index (κ3) is 42.8. The maximum Gasteiger partial charge on any atom is 2.00 e. The molecule has 0 aliphatic heterocycles. The Hall–Kier alpha value is -1.24. The number of carbonyl (C=O) groups is 2. The van der Waals surface area contributed by atoms with E-state index in [0.717, 1.165) is 25.7 Å². The van der Waals surface area contributed by atoms with Crippen LogP contribution in [0.1, 0.15) is 169 Å². The third-order valence-corrected chi connectivity index (χ3v) is 7.23. The Labute approximate surface area is 308 Å². The number of rotatable bonds is 30. The Morgan fingerprint density at radius 3 is 0.889 bits per heavy atom. The zero-order chi connectivity index (χ0) is 32.9. The van der Waals surface area contributed by atoms with Crippen LogP contribution in [0.25, 0.3) is 0 Å². The van der Waals surface area contributed by atoms with Crippen LogP contribution in [-0.2, 0) is 9.59 Å². The Morgan fingerprint density at radius 1 is 0.444 bits per heavy atom. The molecule has 0 unspecified atom stereocenters. The van der Waals surface area contributed by atoms with Gasteiger partial charge in [0.1, 0.15) is 0 Å². The van der Waals surface area contributed by atoms with Crippen molar-refractivity contribution in [3.05, 3.63) is 49.1 Å². The normalized spacial score (nSPS) is 11.3. The molecule has 45 heavy (non-hydrogen) atoms. The fraction of sp³-hybridized carbons (Fsp3) is 0.737. The second-order valence-corrected chi connectivity index (χ2v) is 11.7. The molecule has 0 saturated heterocycles. The Morgan fingerprint density at radius 2 is 0.689 bits per heavy atom. The number of hydrogen-bond donors (Lipinski definition) is 0. The van der Waals surface area contributed by atoms with E-state index in [0.29, 0.717) is 13.1 Å². The summed E-state index contributed by atoms with van der Waals surface area (Å²) in [6, 6.07) is 0. The monoisotopic (exact) mass is 656 g/mol. The molecule has 256 valence electrons. The van der Waals surface area contributed by atoms with Crippen molar-refractivity contribution in [1.29, 1.82) is 0 Å². The number of unbranched alkanes of at least 4 members (excludes halogenated alkanes) is 16. The number of allylic oxidation sites excluding steroid dienone is 4. The first-order valence-corrected chi connectivity index (χ1v) is 18.0. The van der Waals surface area contributed by atoms with Crippen LogP contribution in [0.15, 0.2) is 49.1 Å². The van der Waals surface area contributed by atoms with E-state index >= 15 is 0 Å². The van der Waals surface area contributed by atoms with Crippen molar-refractivity contribution < 1.29 is 19.8 Å². The van der Waals surface area contributed by atoms with Crippen molar-refractivity contribution in [2.24, 2.45) is 0 Å². The fourth-order valence-corrected chi connectivity index (χ4v) is 4.43. The molecule has 0 aromatic heterocycles. The molecule has 0 aliphatic rings. The minimum absolute atomic E-state index is 0. The molecule has 0 aromatic rings. The van der Waals surface area contributed by atoms with E-state index in [9.17, 15) is 19.8 Å². The first-order chi connectivity index (χ1) is 21.4. The number of carboxylic acids is 2. The molecule has 0 fully saturated rings. The summed E-state index contributed by atoms with van der Waals surface area (Å²) >= 11 is 0. The van der Waals surface area contributed by atoms with E-state index in [1.807, 2.05) is 34.6 Å². The van der Waals surface area contributed by atoms with Crippen LogP contribution in [-0.4, -0.2) is 72.6 Å². The predicted molar refractivity (Wildman–Crippen MR) is 190 cm³/mol. The molecular weight excluding hydrogens is 589 g/mol. The standard InChI is InChI=1S/2C19H35NO2.Ca/c2*1-3-5-7-9-11-13-16-20(18-15-19(21)22)17-14-12-10-8-6-4-2;/h2*13-14,16-17H,3-12,15,18H2,1-2H3,(H,21,22);/q;;+2/p-2/b2*16-13+,17-14+;. The summed E-state index contributed by atoms with van der Waals surface area (Å²) in [7, 11) is 0. The van der Waals surface area contributed by atoms with Gasteiger partial charge in [0.05, 0.1) is 0 Å². The average molecular weight is 657 g/mol. The van der Waals surface area contributed by atoms with E-state index in [-0.39, 0.29) is 50.6 Å². The SMILES string of the molecule is CCCCCC/C=C/N(/C=C/CCCCCC)CCC(=O)[O-].CCCCCC/C=C/N(/C=C/CCCCCC)CCC(=O)[O-].[Ca+2]. The molecule has 0 saturated carbocycles. The Kier molecular flexibility index (Phi) is 43.6. The van der Waals surface area contributed by atoms with Crippen LogP contribution in [0, 0.1) is 0 Å². The Balaban J connectivity index is -0.000000767. The molecule has 0 N–H and O–H groups in total. The van der Waals surface area contributed by atoms with E-state index in [4.69, 9.17) is 0 Å². The van der Waals surface area contributed by atoms with Gasteiger partial charge in [0.15, 0.2) is 0 Å². The molecule has 0 heterocycles. The zero-order valence-electron chi connectivity index (χ0n) is 29.8. The topological polar surface area (TPSA) is 86.7 Å². The molecule has 0 aromatic carbocycles. The van der Waals surface area contributed by atoms with Crippen molar-refractivity contribution in [3.63, 3.8) is 0 Å². The molecule has 6 nitrogen and oxygen atoms in total. The van der Waals surface area contributed by atoms with Gasteiger partial charge < -0.3 is 29.6 Å². The smallest absolute Gasteiger partial charge is 0.550 e. The van der Waals surface area contributed by atoms with Gasteiger partial charge in [-0.25, -0.2) is 0 Å². The van der Waals surface area contributed by atoms with Gasteiger partial charge in [-0.05, 0) is 76.2 Å². The summed E-state index contributed by atoms with van der Waals surface area (Å²) in [5, 5.41) is 21.2. The summed E-state index contributed by atoms with van der Waals surface area (Å²) in [5.74, 6) is -1.98. The second-order valence-electron chi connectivity index (χ2n) is 11.7. The van der Waals surface area contributed by atoms with E-state index < -0.39 is 11.9 Å². The van der Waals surface area contributed by atoms with E-state index in [1.165, 1.54) is 103 Å². The van der Waals surface area contributed by atoms with Crippen molar-refractivity contribution in [1.82, 2.24) is 9.80 Å². The van der Waals surface area contributed by atoms with Crippen molar-refractivity contribution in [2.75, 3.05) is 13.1 Å². The van der Waals surface area contributed by atoms with Gasteiger partial charge in [0.25, 0.3) is 0 Å². The minimum Gasteiger partial charge on any atom is -0.550 e.